The normalized spacial score (nSPS) is 18.1. The Morgan fingerprint density at radius 1 is 1.29 bits per heavy atom. The number of nitrogens with zero attached hydrogens (tertiary/aromatic N) is 3. The first-order chi connectivity index (χ1) is 9.97. The largest absolute Gasteiger partial charge is 0.326 e. The van der Waals surface area contributed by atoms with E-state index in [-0.39, 0.29) is 6.17 Å². The topological polar surface area (TPSA) is 56.9 Å². The molecule has 0 amide bonds. The van der Waals surface area contributed by atoms with Crippen LogP contribution in [0.4, 0.5) is 5.69 Å². The van der Waals surface area contributed by atoms with Gasteiger partial charge < -0.3 is 20.9 Å². The molecule has 1 aliphatic heterocycles. The quantitative estimate of drug-likeness (QED) is 0.886. The Labute approximate surface area is 127 Å². The highest BCUT2D eigenvalue weighted by Gasteiger charge is 2.19. The van der Waals surface area contributed by atoms with Gasteiger partial charge in [0.05, 0.1) is 0 Å². The molecule has 1 aliphatic rings. The second-order valence-corrected chi connectivity index (χ2v) is 5.71. The van der Waals surface area contributed by atoms with E-state index in [1.807, 2.05) is 6.08 Å². The highest BCUT2D eigenvalue weighted by Crippen LogP contribution is 2.16. The molecule has 0 fully saturated rings. The third kappa shape index (κ3) is 4.06. The highest BCUT2D eigenvalue weighted by molar-refractivity contribution is 5.95. The molecule has 1 aromatic rings. The van der Waals surface area contributed by atoms with E-state index < -0.39 is 0 Å². The molecule has 0 radical (unpaired) electrons. The van der Waals surface area contributed by atoms with Crippen molar-refractivity contribution in [2.45, 2.75) is 20.0 Å². The number of aryl methyl sites for hydroxylation is 2. The molecule has 1 heterocycles. The van der Waals surface area contributed by atoms with E-state index in [2.05, 4.69) is 66.3 Å². The summed E-state index contributed by atoms with van der Waals surface area (Å²) in [6.45, 7) is 5.97. The van der Waals surface area contributed by atoms with Crippen LogP contribution in [0, 0.1) is 13.8 Å². The van der Waals surface area contributed by atoms with Crippen LogP contribution in [0.15, 0.2) is 35.5 Å². The molecule has 21 heavy (non-hydrogen) atoms. The number of hydrogen-bond acceptors (Lipinski definition) is 5. The molecule has 1 atom stereocenters. The molecule has 2 rings (SSSR count). The fourth-order valence-corrected chi connectivity index (χ4v) is 2.14. The van der Waals surface area contributed by atoms with Crippen LogP contribution in [0.5, 0.6) is 0 Å². The lowest BCUT2D eigenvalue weighted by Gasteiger charge is -2.33. The number of nitrogens with two attached hydrogens (primary N) is 1. The fraction of sp³-hybridized carbons (Fsp3) is 0.438. The summed E-state index contributed by atoms with van der Waals surface area (Å²) >= 11 is 0. The van der Waals surface area contributed by atoms with Crippen LogP contribution in [0.1, 0.15) is 11.1 Å². The van der Waals surface area contributed by atoms with Crippen molar-refractivity contribution >= 4 is 11.6 Å². The van der Waals surface area contributed by atoms with Crippen molar-refractivity contribution in [1.82, 2.24) is 9.80 Å². The molecule has 0 saturated heterocycles. The van der Waals surface area contributed by atoms with Crippen LogP contribution in [0.25, 0.3) is 0 Å². The zero-order chi connectivity index (χ0) is 15.4. The van der Waals surface area contributed by atoms with E-state index in [0.717, 1.165) is 24.7 Å². The minimum atomic E-state index is -0.142. The number of aliphatic imine (C=N–C) groups is 1. The summed E-state index contributed by atoms with van der Waals surface area (Å²) in [5.41, 5.74) is 9.74. The van der Waals surface area contributed by atoms with E-state index in [4.69, 9.17) is 5.73 Å². The predicted molar refractivity (Wildman–Crippen MR) is 89.3 cm³/mol. The summed E-state index contributed by atoms with van der Waals surface area (Å²) in [4.78, 5) is 8.66. The van der Waals surface area contributed by atoms with Crippen LogP contribution in [0.2, 0.25) is 0 Å². The Hall–Kier alpha value is -1.85. The maximum atomic E-state index is 6.16. The number of likely N-dealkylation sites (N-methyl/N-ethyl adjacent to an activating group) is 1. The Kier molecular flexibility index (Phi) is 4.98. The van der Waals surface area contributed by atoms with Gasteiger partial charge in [-0.05, 0) is 57.3 Å². The number of nitrogens with one attached hydrogen (secondary N) is 1. The molecular weight excluding hydrogens is 262 g/mol. The molecule has 1 aromatic carbocycles. The lowest BCUT2D eigenvalue weighted by atomic mass is 10.1. The lowest BCUT2D eigenvalue weighted by molar-refractivity contribution is 0.299. The summed E-state index contributed by atoms with van der Waals surface area (Å²) in [7, 11) is 4.11. The fourth-order valence-electron chi connectivity index (χ4n) is 2.14. The van der Waals surface area contributed by atoms with Gasteiger partial charge in [-0.1, -0.05) is 6.07 Å². The standard InChI is InChI=1S/C16H25N5/c1-12-5-6-14(11-13(12)2)19-16-18-8-7-15(17)21(16)10-9-20(3)4/h5-8,11,15H,9-10,17H2,1-4H3,(H,18,19). The van der Waals surface area contributed by atoms with Crippen LogP contribution >= 0.6 is 0 Å². The van der Waals surface area contributed by atoms with Crippen LogP contribution in [-0.2, 0) is 0 Å². The van der Waals surface area contributed by atoms with Crippen LogP contribution in [-0.4, -0.2) is 49.1 Å². The van der Waals surface area contributed by atoms with Gasteiger partial charge in [0.15, 0.2) is 0 Å². The van der Waals surface area contributed by atoms with E-state index >= 15 is 0 Å². The number of benzene rings is 1. The SMILES string of the molecule is Cc1ccc(NC2=NC=CC(N)N2CCN(C)C)cc1C. The smallest absolute Gasteiger partial charge is 0.204 e. The summed E-state index contributed by atoms with van der Waals surface area (Å²) in [6, 6.07) is 6.31. The minimum absolute atomic E-state index is 0.142. The van der Waals surface area contributed by atoms with Crippen molar-refractivity contribution in [3.8, 4) is 0 Å². The highest BCUT2D eigenvalue weighted by atomic mass is 15.4. The summed E-state index contributed by atoms with van der Waals surface area (Å²) in [6.07, 6.45) is 3.53. The van der Waals surface area contributed by atoms with Gasteiger partial charge in [-0.3, -0.25) is 0 Å². The van der Waals surface area contributed by atoms with E-state index in [1.54, 1.807) is 6.20 Å². The molecule has 0 aromatic heterocycles. The average molecular weight is 287 g/mol. The first-order valence-electron chi connectivity index (χ1n) is 7.23. The maximum Gasteiger partial charge on any atom is 0.204 e. The molecule has 5 heteroatoms. The molecule has 3 N–H and O–H groups in total. The van der Waals surface area contributed by atoms with Crippen molar-refractivity contribution in [2.75, 3.05) is 32.5 Å². The predicted octanol–water partition coefficient (Wildman–Crippen LogP) is 1.75. The molecule has 114 valence electrons. The zero-order valence-corrected chi connectivity index (χ0v) is 13.3. The number of guanidine groups is 1. The second kappa shape index (κ2) is 6.74. The van der Waals surface area contributed by atoms with Crippen molar-refractivity contribution < 1.29 is 0 Å². The average Bonchev–Trinajstić information content (AvgIpc) is 2.42. The van der Waals surface area contributed by atoms with Crippen molar-refractivity contribution in [2.24, 2.45) is 10.7 Å². The Morgan fingerprint density at radius 2 is 2.05 bits per heavy atom. The van der Waals surface area contributed by atoms with Gasteiger partial charge in [-0.2, -0.15) is 0 Å². The van der Waals surface area contributed by atoms with Gasteiger partial charge in [-0.15, -0.1) is 0 Å². The Morgan fingerprint density at radius 3 is 2.71 bits per heavy atom. The molecule has 0 saturated carbocycles. The van der Waals surface area contributed by atoms with Crippen LogP contribution in [0.3, 0.4) is 0 Å². The molecule has 1 unspecified atom stereocenters. The van der Waals surface area contributed by atoms with E-state index in [0.29, 0.717) is 0 Å². The first kappa shape index (κ1) is 15.5. The van der Waals surface area contributed by atoms with Gasteiger partial charge in [0, 0.05) is 25.0 Å². The number of hydrogen-bond donors (Lipinski definition) is 2. The minimum Gasteiger partial charge on any atom is -0.326 e. The second-order valence-electron chi connectivity index (χ2n) is 5.71. The van der Waals surface area contributed by atoms with Crippen molar-refractivity contribution in [3.05, 3.63) is 41.6 Å². The third-order valence-corrected chi connectivity index (χ3v) is 3.66. The zero-order valence-electron chi connectivity index (χ0n) is 13.3. The number of anilines is 1. The van der Waals surface area contributed by atoms with Crippen molar-refractivity contribution in [1.29, 1.82) is 0 Å². The van der Waals surface area contributed by atoms with E-state index in [1.165, 1.54) is 11.1 Å². The molecule has 0 spiro atoms. The summed E-state index contributed by atoms with van der Waals surface area (Å²) in [5.74, 6) is 0.801. The Balaban J connectivity index is 2.12. The lowest BCUT2D eigenvalue weighted by Crippen LogP contribution is -2.51. The third-order valence-electron chi connectivity index (χ3n) is 3.66. The molecule has 0 aliphatic carbocycles. The molecule has 0 bridgehead atoms. The monoisotopic (exact) mass is 287 g/mol. The van der Waals surface area contributed by atoms with Gasteiger partial charge in [0.2, 0.25) is 5.96 Å². The van der Waals surface area contributed by atoms with Gasteiger partial charge in [0.1, 0.15) is 6.17 Å². The van der Waals surface area contributed by atoms with E-state index in [9.17, 15) is 0 Å². The van der Waals surface area contributed by atoms with Crippen LogP contribution < -0.4 is 11.1 Å². The van der Waals surface area contributed by atoms with Gasteiger partial charge in [0.25, 0.3) is 0 Å². The maximum absolute atomic E-state index is 6.16. The van der Waals surface area contributed by atoms with Gasteiger partial charge >= 0.3 is 0 Å². The first-order valence-corrected chi connectivity index (χ1v) is 7.23. The Bertz CT molecular complexity index is 548. The molecule has 5 nitrogen and oxygen atoms in total. The molecular formula is C16H25N5. The number of rotatable bonds is 4. The summed E-state index contributed by atoms with van der Waals surface area (Å²) in [5, 5.41) is 3.38. The summed E-state index contributed by atoms with van der Waals surface area (Å²) < 4.78 is 0. The van der Waals surface area contributed by atoms with Gasteiger partial charge in [-0.25, -0.2) is 4.99 Å². The van der Waals surface area contributed by atoms with Crippen molar-refractivity contribution in [3.63, 3.8) is 0 Å².